The summed E-state index contributed by atoms with van der Waals surface area (Å²) >= 11 is 6.39. The van der Waals surface area contributed by atoms with Crippen molar-refractivity contribution < 1.29 is 14.2 Å². The Morgan fingerprint density at radius 1 is 0.889 bits per heavy atom. The van der Waals surface area contributed by atoms with Gasteiger partial charge in [-0.25, -0.2) is 0 Å². The maximum atomic E-state index is 6.39. The van der Waals surface area contributed by atoms with Crippen molar-refractivity contribution in [1.82, 2.24) is 5.32 Å². The molecule has 142 valence electrons. The number of ether oxygens (including phenoxy) is 3. The summed E-state index contributed by atoms with van der Waals surface area (Å²) < 4.78 is 17.4. The van der Waals surface area contributed by atoms with Crippen molar-refractivity contribution in [2.45, 2.75) is 13.5 Å². The van der Waals surface area contributed by atoms with Gasteiger partial charge in [0.1, 0.15) is 19.0 Å². The lowest BCUT2D eigenvalue weighted by Gasteiger charge is -2.15. The van der Waals surface area contributed by atoms with E-state index in [4.69, 9.17) is 25.8 Å². The maximum Gasteiger partial charge on any atom is 0.179 e. The number of fused-ring (bicyclic) bond motifs is 1. The fourth-order valence-corrected chi connectivity index (χ4v) is 3.18. The lowest BCUT2D eigenvalue weighted by atomic mass is 10.1. The number of halogens is 1. The van der Waals surface area contributed by atoms with Gasteiger partial charge in [0.15, 0.2) is 11.5 Å². The molecule has 1 N–H and O–H groups in total. The number of nitrogens with one attached hydrogen (secondary N) is 1. The van der Waals surface area contributed by atoms with Crippen LogP contribution in [0, 0.1) is 0 Å². The summed E-state index contributed by atoms with van der Waals surface area (Å²) in [7, 11) is 1.89. The molecule has 0 heterocycles. The summed E-state index contributed by atoms with van der Waals surface area (Å²) in [6, 6.07) is 18.1. The van der Waals surface area contributed by atoms with Crippen molar-refractivity contribution in [1.29, 1.82) is 0 Å². The topological polar surface area (TPSA) is 39.7 Å². The smallest absolute Gasteiger partial charge is 0.179 e. The van der Waals surface area contributed by atoms with Crippen LogP contribution >= 0.6 is 11.6 Å². The number of hydrogen-bond acceptors (Lipinski definition) is 4. The zero-order valence-corrected chi connectivity index (χ0v) is 16.4. The first-order valence-corrected chi connectivity index (χ1v) is 9.43. The Labute approximate surface area is 165 Å². The SMILES string of the molecule is CCOc1cc(CNC)cc(Cl)c1OCCOc1ccc2ccccc2c1. The van der Waals surface area contributed by atoms with E-state index in [9.17, 15) is 0 Å². The fraction of sp³-hybridized carbons (Fsp3) is 0.273. The Balaban J connectivity index is 1.62. The molecule has 27 heavy (non-hydrogen) atoms. The lowest BCUT2D eigenvalue weighted by Crippen LogP contribution is -2.11. The van der Waals surface area contributed by atoms with E-state index in [2.05, 4.69) is 23.5 Å². The quantitative estimate of drug-likeness (QED) is 0.522. The minimum absolute atomic E-state index is 0.373. The molecular formula is C22H24ClNO3. The highest BCUT2D eigenvalue weighted by Gasteiger charge is 2.12. The van der Waals surface area contributed by atoms with Crippen LogP contribution in [-0.2, 0) is 6.54 Å². The molecule has 0 atom stereocenters. The summed E-state index contributed by atoms with van der Waals surface area (Å²) in [6.07, 6.45) is 0. The molecule has 0 aromatic heterocycles. The van der Waals surface area contributed by atoms with Gasteiger partial charge in [-0.3, -0.25) is 0 Å². The maximum absolute atomic E-state index is 6.39. The second kappa shape index (κ2) is 9.49. The van der Waals surface area contributed by atoms with Crippen molar-refractivity contribution in [2.24, 2.45) is 0 Å². The average molecular weight is 386 g/mol. The van der Waals surface area contributed by atoms with E-state index in [0.717, 1.165) is 16.7 Å². The standard InChI is InChI=1S/C22H24ClNO3/c1-3-25-21-13-16(15-24-2)12-20(23)22(21)27-11-10-26-19-9-8-17-6-4-5-7-18(17)14-19/h4-9,12-14,24H,3,10-11,15H2,1-2H3. The van der Waals surface area contributed by atoms with E-state index >= 15 is 0 Å². The van der Waals surface area contributed by atoms with Gasteiger partial charge in [0.25, 0.3) is 0 Å². The molecule has 0 unspecified atom stereocenters. The van der Waals surface area contributed by atoms with E-state index in [0.29, 0.717) is 42.9 Å². The molecule has 0 saturated heterocycles. The van der Waals surface area contributed by atoms with Crippen LogP contribution in [0.25, 0.3) is 10.8 Å². The molecule has 5 heteroatoms. The Morgan fingerprint density at radius 2 is 1.67 bits per heavy atom. The van der Waals surface area contributed by atoms with Crippen LogP contribution < -0.4 is 19.5 Å². The van der Waals surface area contributed by atoms with E-state index < -0.39 is 0 Å². The van der Waals surface area contributed by atoms with Gasteiger partial charge in [-0.05, 0) is 54.6 Å². The minimum Gasteiger partial charge on any atom is -0.490 e. The predicted octanol–water partition coefficient (Wildman–Crippen LogP) is 5.07. The molecule has 0 saturated carbocycles. The molecule has 0 radical (unpaired) electrons. The summed E-state index contributed by atoms with van der Waals surface area (Å²) in [5.74, 6) is 2.03. The van der Waals surface area contributed by atoms with Crippen LogP contribution in [0.4, 0.5) is 0 Å². The summed E-state index contributed by atoms with van der Waals surface area (Å²) in [4.78, 5) is 0. The Hall–Kier alpha value is -2.43. The highest BCUT2D eigenvalue weighted by atomic mass is 35.5. The first kappa shape index (κ1) is 19.3. The Bertz CT molecular complexity index is 898. The van der Waals surface area contributed by atoms with Crippen LogP contribution in [-0.4, -0.2) is 26.9 Å². The Kier molecular flexibility index (Phi) is 6.80. The van der Waals surface area contributed by atoms with Crippen LogP contribution in [0.1, 0.15) is 12.5 Å². The van der Waals surface area contributed by atoms with Gasteiger partial charge in [0.05, 0.1) is 11.6 Å². The molecule has 0 aliphatic rings. The third-order valence-electron chi connectivity index (χ3n) is 4.07. The highest BCUT2D eigenvalue weighted by molar-refractivity contribution is 6.32. The van der Waals surface area contributed by atoms with Crippen LogP contribution in [0.15, 0.2) is 54.6 Å². The molecule has 3 aromatic carbocycles. The van der Waals surface area contributed by atoms with E-state index in [1.54, 1.807) is 0 Å². The number of hydrogen-bond donors (Lipinski definition) is 1. The second-order valence-corrected chi connectivity index (χ2v) is 6.48. The molecule has 0 spiro atoms. The molecule has 0 aliphatic heterocycles. The van der Waals surface area contributed by atoms with Gasteiger partial charge in [-0.2, -0.15) is 0 Å². The zero-order chi connectivity index (χ0) is 19.1. The van der Waals surface area contributed by atoms with Crippen molar-refractivity contribution in [3.05, 3.63) is 65.2 Å². The van der Waals surface area contributed by atoms with Gasteiger partial charge in [0, 0.05) is 6.54 Å². The number of rotatable bonds is 9. The third-order valence-corrected chi connectivity index (χ3v) is 4.35. The molecule has 4 nitrogen and oxygen atoms in total. The highest BCUT2D eigenvalue weighted by Crippen LogP contribution is 2.36. The van der Waals surface area contributed by atoms with Crippen molar-refractivity contribution in [3.63, 3.8) is 0 Å². The minimum atomic E-state index is 0.373. The van der Waals surface area contributed by atoms with Crippen LogP contribution in [0.3, 0.4) is 0 Å². The van der Waals surface area contributed by atoms with E-state index in [1.165, 1.54) is 5.39 Å². The van der Waals surface area contributed by atoms with E-state index in [1.807, 2.05) is 50.4 Å². The molecule has 3 rings (SSSR count). The number of benzene rings is 3. The monoisotopic (exact) mass is 385 g/mol. The van der Waals surface area contributed by atoms with Crippen LogP contribution in [0.5, 0.6) is 17.2 Å². The zero-order valence-electron chi connectivity index (χ0n) is 15.6. The predicted molar refractivity (Wildman–Crippen MR) is 110 cm³/mol. The van der Waals surface area contributed by atoms with Gasteiger partial charge in [-0.15, -0.1) is 0 Å². The first-order valence-electron chi connectivity index (χ1n) is 9.05. The van der Waals surface area contributed by atoms with Crippen molar-refractivity contribution in [2.75, 3.05) is 26.9 Å². The average Bonchev–Trinajstić information content (AvgIpc) is 2.67. The second-order valence-electron chi connectivity index (χ2n) is 6.07. The van der Waals surface area contributed by atoms with Crippen molar-refractivity contribution in [3.8, 4) is 17.2 Å². The Morgan fingerprint density at radius 3 is 2.44 bits per heavy atom. The summed E-state index contributed by atoms with van der Waals surface area (Å²) in [6.45, 7) is 3.98. The molecule has 3 aromatic rings. The van der Waals surface area contributed by atoms with Gasteiger partial charge in [-0.1, -0.05) is 41.9 Å². The van der Waals surface area contributed by atoms with Gasteiger partial charge < -0.3 is 19.5 Å². The molecule has 0 fully saturated rings. The fourth-order valence-electron chi connectivity index (χ4n) is 2.89. The normalized spacial score (nSPS) is 10.8. The van der Waals surface area contributed by atoms with Crippen LogP contribution in [0.2, 0.25) is 5.02 Å². The van der Waals surface area contributed by atoms with Gasteiger partial charge in [0.2, 0.25) is 0 Å². The molecular weight excluding hydrogens is 362 g/mol. The summed E-state index contributed by atoms with van der Waals surface area (Å²) in [5, 5.41) is 5.99. The first-order chi connectivity index (χ1) is 13.2. The molecule has 0 bridgehead atoms. The lowest BCUT2D eigenvalue weighted by molar-refractivity contribution is 0.208. The molecule has 0 amide bonds. The van der Waals surface area contributed by atoms with E-state index in [-0.39, 0.29) is 0 Å². The van der Waals surface area contributed by atoms with Gasteiger partial charge >= 0.3 is 0 Å². The van der Waals surface area contributed by atoms with Crippen molar-refractivity contribution >= 4 is 22.4 Å². The largest absolute Gasteiger partial charge is 0.490 e. The third kappa shape index (κ3) is 5.06. The molecule has 0 aliphatic carbocycles. The summed E-state index contributed by atoms with van der Waals surface area (Å²) in [5.41, 5.74) is 1.05.